The molecular weight excluding hydrogens is 338 g/mol. The van der Waals surface area contributed by atoms with Crippen molar-refractivity contribution in [3.05, 3.63) is 10.7 Å². The van der Waals surface area contributed by atoms with E-state index < -0.39 is 21.9 Å². The molecule has 0 radical (unpaired) electrons. The van der Waals surface area contributed by atoms with Gasteiger partial charge in [0.25, 0.3) is 0 Å². The minimum atomic E-state index is -3.48. The normalized spacial score (nSPS) is 19.1. The Kier molecular flexibility index (Phi) is 3.86. The standard InChI is InChI=1S/C10H14BrN3O4S/c1-3-18-10(15)7-5-13-9(8(11)4-12-13)14(6-7)19(2,16)17/h4,7H,3,5-6H2,1-2H3. The summed E-state index contributed by atoms with van der Waals surface area (Å²) in [5.41, 5.74) is 0. The van der Waals surface area contributed by atoms with Gasteiger partial charge in [-0.2, -0.15) is 5.10 Å². The van der Waals surface area contributed by atoms with Crippen LogP contribution in [0.2, 0.25) is 0 Å². The molecule has 7 nitrogen and oxygen atoms in total. The number of ether oxygens (including phenoxy) is 1. The minimum absolute atomic E-state index is 0.0714. The summed E-state index contributed by atoms with van der Waals surface area (Å²) in [4.78, 5) is 11.8. The maximum atomic E-state index is 11.8. The number of aromatic nitrogens is 2. The fraction of sp³-hybridized carbons (Fsp3) is 0.600. The van der Waals surface area contributed by atoms with Gasteiger partial charge in [0.15, 0.2) is 5.82 Å². The first-order chi connectivity index (χ1) is 8.84. The number of halogens is 1. The third-order valence-electron chi connectivity index (χ3n) is 2.80. The van der Waals surface area contributed by atoms with Gasteiger partial charge in [0.1, 0.15) is 0 Å². The van der Waals surface area contributed by atoms with Gasteiger partial charge in [0.05, 0.1) is 42.5 Å². The summed E-state index contributed by atoms with van der Waals surface area (Å²) in [6.45, 7) is 2.36. The van der Waals surface area contributed by atoms with E-state index in [9.17, 15) is 13.2 Å². The highest BCUT2D eigenvalue weighted by Crippen LogP contribution is 2.33. The SMILES string of the molecule is CCOC(=O)C1CN(S(C)(=O)=O)c2c(Br)cnn2C1. The van der Waals surface area contributed by atoms with Crippen LogP contribution in [0.4, 0.5) is 5.82 Å². The molecule has 1 unspecified atom stereocenters. The Morgan fingerprint density at radius 2 is 2.26 bits per heavy atom. The van der Waals surface area contributed by atoms with Crippen molar-refractivity contribution in [2.24, 2.45) is 5.92 Å². The van der Waals surface area contributed by atoms with Crippen LogP contribution in [0.5, 0.6) is 0 Å². The molecule has 0 bridgehead atoms. The van der Waals surface area contributed by atoms with Gasteiger partial charge in [-0.05, 0) is 22.9 Å². The van der Waals surface area contributed by atoms with Crippen molar-refractivity contribution < 1.29 is 17.9 Å². The Bertz CT molecular complexity index is 598. The molecule has 0 fully saturated rings. The van der Waals surface area contributed by atoms with E-state index in [1.54, 1.807) is 6.92 Å². The third-order valence-corrected chi connectivity index (χ3v) is 4.49. The topological polar surface area (TPSA) is 81.5 Å². The van der Waals surface area contributed by atoms with Crippen LogP contribution in [-0.2, 0) is 26.1 Å². The Hall–Kier alpha value is -1.09. The number of carbonyl (C=O) groups is 1. The molecule has 1 atom stereocenters. The quantitative estimate of drug-likeness (QED) is 0.745. The molecule has 0 amide bonds. The molecule has 0 aromatic carbocycles. The zero-order valence-electron chi connectivity index (χ0n) is 10.5. The number of hydrogen-bond donors (Lipinski definition) is 0. The molecule has 1 aromatic rings. The maximum Gasteiger partial charge on any atom is 0.312 e. The summed E-state index contributed by atoms with van der Waals surface area (Å²) in [7, 11) is -3.48. The monoisotopic (exact) mass is 351 g/mol. The van der Waals surface area contributed by atoms with Crippen molar-refractivity contribution >= 4 is 37.7 Å². The Morgan fingerprint density at radius 1 is 1.58 bits per heavy atom. The van der Waals surface area contributed by atoms with Crippen molar-refractivity contribution in [3.8, 4) is 0 Å². The second-order valence-corrected chi connectivity index (χ2v) is 7.00. The van der Waals surface area contributed by atoms with E-state index in [0.717, 1.165) is 6.26 Å². The van der Waals surface area contributed by atoms with Gasteiger partial charge in [0.2, 0.25) is 10.0 Å². The summed E-state index contributed by atoms with van der Waals surface area (Å²) in [6, 6.07) is 0. The summed E-state index contributed by atoms with van der Waals surface area (Å²) < 4.78 is 31.9. The number of sulfonamides is 1. The van der Waals surface area contributed by atoms with Crippen molar-refractivity contribution in [2.45, 2.75) is 13.5 Å². The van der Waals surface area contributed by atoms with Crippen molar-refractivity contribution in [1.29, 1.82) is 0 Å². The molecule has 9 heteroatoms. The molecule has 1 aromatic heterocycles. The molecule has 19 heavy (non-hydrogen) atoms. The van der Waals surface area contributed by atoms with Crippen LogP contribution in [0, 0.1) is 5.92 Å². The van der Waals surface area contributed by atoms with Crippen LogP contribution in [0.1, 0.15) is 6.92 Å². The average molecular weight is 352 g/mol. The maximum absolute atomic E-state index is 11.8. The molecule has 0 N–H and O–H groups in total. The van der Waals surface area contributed by atoms with Gasteiger partial charge >= 0.3 is 5.97 Å². The molecular formula is C10H14BrN3O4S. The number of nitrogens with zero attached hydrogens (tertiary/aromatic N) is 3. The number of hydrogen-bond acceptors (Lipinski definition) is 5. The van der Waals surface area contributed by atoms with Gasteiger partial charge < -0.3 is 4.74 Å². The van der Waals surface area contributed by atoms with Gasteiger partial charge in [0, 0.05) is 0 Å². The van der Waals surface area contributed by atoms with E-state index in [4.69, 9.17) is 4.74 Å². The van der Waals surface area contributed by atoms with Crippen molar-refractivity contribution in [1.82, 2.24) is 9.78 Å². The van der Waals surface area contributed by atoms with E-state index in [-0.39, 0.29) is 13.2 Å². The summed E-state index contributed by atoms with van der Waals surface area (Å²) in [5, 5.41) is 4.07. The highest BCUT2D eigenvalue weighted by atomic mass is 79.9. The Morgan fingerprint density at radius 3 is 2.84 bits per heavy atom. The van der Waals surface area contributed by atoms with Gasteiger partial charge in [-0.3, -0.25) is 9.10 Å². The summed E-state index contributed by atoms with van der Waals surface area (Å²) >= 11 is 3.27. The molecule has 0 saturated carbocycles. The number of anilines is 1. The fourth-order valence-electron chi connectivity index (χ4n) is 1.99. The van der Waals surface area contributed by atoms with E-state index in [1.165, 1.54) is 15.2 Å². The van der Waals surface area contributed by atoms with Gasteiger partial charge in [-0.15, -0.1) is 0 Å². The smallest absolute Gasteiger partial charge is 0.312 e. The number of esters is 1. The van der Waals surface area contributed by atoms with Crippen LogP contribution < -0.4 is 4.31 Å². The molecule has 0 saturated heterocycles. The Labute approximate surface area is 119 Å². The molecule has 1 aliphatic heterocycles. The van der Waals surface area contributed by atoms with E-state index >= 15 is 0 Å². The van der Waals surface area contributed by atoms with E-state index in [1.807, 2.05) is 0 Å². The van der Waals surface area contributed by atoms with Crippen LogP contribution in [0.3, 0.4) is 0 Å². The van der Waals surface area contributed by atoms with Crippen LogP contribution >= 0.6 is 15.9 Å². The minimum Gasteiger partial charge on any atom is -0.466 e. The first-order valence-corrected chi connectivity index (χ1v) is 8.34. The highest BCUT2D eigenvalue weighted by Gasteiger charge is 2.36. The first-order valence-electron chi connectivity index (χ1n) is 5.70. The number of carbonyl (C=O) groups excluding carboxylic acids is 1. The van der Waals surface area contributed by atoms with Gasteiger partial charge in [-0.25, -0.2) is 13.1 Å². The second-order valence-electron chi connectivity index (χ2n) is 4.24. The lowest BCUT2D eigenvalue weighted by Gasteiger charge is -2.32. The van der Waals surface area contributed by atoms with E-state index in [2.05, 4.69) is 21.0 Å². The lowest BCUT2D eigenvalue weighted by atomic mass is 10.1. The number of rotatable bonds is 3. The largest absolute Gasteiger partial charge is 0.466 e. The molecule has 1 aliphatic rings. The lowest BCUT2D eigenvalue weighted by molar-refractivity contribution is -0.148. The zero-order valence-corrected chi connectivity index (χ0v) is 12.9. The molecule has 106 valence electrons. The van der Waals surface area contributed by atoms with Crippen molar-refractivity contribution in [2.75, 3.05) is 23.7 Å². The summed E-state index contributed by atoms with van der Waals surface area (Å²) in [5.74, 6) is -0.509. The van der Waals surface area contributed by atoms with Crippen molar-refractivity contribution in [3.63, 3.8) is 0 Å². The van der Waals surface area contributed by atoms with Crippen LogP contribution in [0.25, 0.3) is 0 Å². The number of fused-ring (bicyclic) bond motifs is 1. The lowest BCUT2D eigenvalue weighted by Crippen LogP contribution is -2.45. The fourth-order valence-corrected chi connectivity index (χ4v) is 3.58. The Balaban J connectivity index is 2.39. The summed E-state index contributed by atoms with van der Waals surface area (Å²) in [6.07, 6.45) is 2.62. The molecule has 2 rings (SSSR count). The van der Waals surface area contributed by atoms with E-state index in [0.29, 0.717) is 16.8 Å². The molecule has 0 spiro atoms. The zero-order chi connectivity index (χ0) is 14.2. The predicted octanol–water partition coefficient (Wildman–Crippen LogP) is 0.605. The van der Waals surface area contributed by atoms with Crippen LogP contribution in [0.15, 0.2) is 10.7 Å². The van der Waals surface area contributed by atoms with Gasteiger partial charge in [-0.1, -0.05) is 0 Å². The highest BCUT2D eigenvalue weighted by molar-refractivity contribution is 9.10. The average Bonchev–Trinajstić information content (AvgIpc) is 2.69. The predicted molar refractivity (Wildman–Crippen MR) is 72.2 cm³/mol. The third kappa shape index (κ3) is 2.76. The first kappa shape index (κ1) is 14.3. The second kappa shape index (κ2) is 5.12. The molecule has 2 heterocycles. The molecule has 0 aliphatic carbocycles. The van der Waals surface area contributed by atoms with Crippen LogP contribution in [-0.4, -0.2) is 43.6 Å².